The van der Waals surface area contributed by atoms with E-state index in [-0.39, 0.29) is 16.6 Å². The van der Waals surface area contributed by atoms with Crippen molar-refractivity contribution in [2.24, 2.45) is 0 Å². The summed E-state index contributed by atoms with van der Waals surface area (Å²) < 4.78 is 25.4. The van der Waals surface area contributed by atoms with E-state index in [0.717, 1.165) is 30.4 Å². The number of fused-ring (bicyclic) bond motifs is 1. The summed E-state index contributed by atoms with van der Waals surface area (Å²) in [6.07, 6.45) is 9.08. The number of imidazole rings is 1. The third-order valence-electron chi connectivity index (χ3n) is 4.63. The van der Waals surface area contributed by atoms with Crippen LogP contribution in [-0.2, 0) is 9.84 Å². The molecule has 0 atom stereocenters. The second-order valence-corrected chi connectivity index (χ2v) is 8.45. The minimum absolute atomic E-state index is 0.0530. The first kappa shape index (κ1) is 16.7. The van der Waals surface area contributed by atoms with Crippen molar-refractivity contribution in [3.63, 3.8) is 0 Å². The molecule has 0 radical (unpaired) electrons. The molecule has 4 rings (SSSR count). The van der Waals surface area contributed by atoms with Crippen LogP contribution in [0.3, 0.4) is 0 Å². The minimum atomic E-state index is -3.47. The zero-order valence-electron chi connectivity index (χ0n) is 14.2. The van der Waals surface area contributed by atoms with Gasteiger partial charge in [0.05, 0.1) is 11.9 Å². The zero-order valence-corrected chi connectivity index (χ0v) is 15.0. The van der Waals surface area contributed by atoms with Crippen LogP contribution in [0.1, 0.15) is 29.6 Å². The van der Waals surface area contributed by atoms with Gasteiger partial charge in [-0.25, -0.2) is 18.4 Å². The van der Waals surface area contributed by atoms with Crippen molar-refractivity contribution in [2.75, 3.05) is 6.26 Å². The van der Waals surface area contributed by atoms with Gasteiger partial charge >= 0.3 is 0 Å². The monoisotopic (exact) mass is 370 g/mol. The summed E-state index contributed by atoms with van der Waals surface area (Å²) in [5, 5.41) is 2.96. The first-order valence-corrected chi connectivity index (χ1v) is 10.3. The molecule has 1 aromatic carbocycles. The fourth-order valence-corrected chi connectivity index (χ4v) is 3.72. The fraction of sp³-hybridized carbons (Fsp3) is 0.278. The molecule has 0 bridgehead atoms. The number of benzene rings is 1. The van der Waals surface area contributed by atoms with Crippen LogP contribution in [0.2, 0.25) is 0 Å². The Balaban J connectivity index is 1.66. The highest BCUT2D eigenvalue weighted by Crippen LogP contribution is 2.24. The molecule has 0 unspecified atom stereocenters. The highest BCUT2D eigenvalue weighted by Gasteiger charge is 2.20. The number of hydrogen-bond acceptors (Lipinski definition) is 5. The molecule has 134 valence electrons. The summed E-state index contributed by atoms with van der Waals surface area (Å²) in [6.45, 7) is 0. The second-order valence-electron chi connectivity index (χ2n) is 6.52. The number of rotatable bonds is 4. The Morgan fingerprint density at radius 2 is 1.92 bits per heavy atom. The SMILES string of the molecule is CS(=O)(=O)c1nccn2c(-c3ccc(C(=O)NC4CCC4)cc3)cnc12. The number of amides is 1. The van der Waals surface area contributed by atoms with Crippen molar-refractivity contribution in [3.8, 4) is 11.3 Å². The van der Waals surface area contributed by atoms with E-state index in [0.29, 0.717) is 11.6 Å². The molecule has 8 heteroatoms. The topological polar surface area (TPSA) is 93.4 Å². The molecule has 3 aromatic rings. The molecule has 26 heavy (non-hydrogen) atoms. The second kappa shape index (κ2) is 6.21. The summed E-state index contributed by atoms with van der Waals surface area (Å²) in [4.78, 5) is 20.4. The number of hydrogen-bond donors (Lipinski definition) is 1. The number of aromatic nitrogens is 3. The van der Waals surface area contributed by atoms with Gasteiger partial charge in [-0.15, -0.1) is 0 Å². The van der Waals surface area contributed by atoms with Crippen LogP contribution >= 0.6 is 0 Å². The maximum Gasteiger partial charge on any atom is 0.251 e. The maximum atomic E-state index is 12.2. The van der Waals surface area contributed by atoms with Crippen LogP contribution in [0, 0.1) is 0 Å². The van der Waals surface area contributed by atoms with Crippen LogP contribution < -0.4 is 5.32 Å². The van der Waals surface area contributed by atoms with Crippen molar-refractivity contribution in [3.05, 3.63) is 48.4 Å². The molecule has 1 fully saturated rings. The summed E-state index contributed by atoms with van der Waals surface area (Å²) in [7, 11) is -3.47. The first-order valence-electron chi connectivity index (χ1n) is 8.37. The number of sulfone groups is 1. The van der Waals surface area contributed by atoms with Gasteiger partial charge in [0.15, 0.2) is 20.5 Å². The highest BCUT2D eigenvalue weighted by molar-refractivity contribution is 7.90. The quantitative estimate of drug-likeness (QED) is 0.759. The average molecular weight is 370 g/mol. The smallest absolute Gasteiger partial charge is 0.251 e. The zero-order chi connectivity index (χ0) is 18.3. The Kier molecular flexibility index (Phi) is 3.99. The highest BCUT2D eigenvalue weighted by atomic mass is 32.2. The largest absolute Gasteiger partial charge is 0.349 e. The lowest BCUT2D eigenvalue weighted by molar-refractivity contribution is 0.0917. The van der Waals surface area contributed by atoms with E-state index in [1.807, 2.05) is 12.1 Å². The van der Waals surface area contributed by atoms with Gasteiger partial charge in [-0.2, -0.15) is 0 Å². The van der Waals surface area contributed by atoms with Crippen molar-refractivity contribution in [1.82, 2.24) is 19.7 Å². The van der Waals surface area contributed by atoms with Crippen LogP contribution in [-0.4, -0.2) is 41.0 Å². The Morgan fingerprint density at radius 3 is 2.54 bits per heavy atom. The van der Waals surface area contributed by atoms with E-state index < -0.39 is 9.84 Å². The Morgan fingerprint density at radius 1 is 1.19 bits per heavy atom. The summed E-state index contributed by atoms with van der Waals surface area (Å²) in [5.41, 5.74) is 2.46. The van der Waals surface area contributed by atoms with Crippen molar-refractivity contribution >= 4 is 21.4 Å². The van der Waals surface area contributed by atoms with E-state index >= 15 is 0 Å². The van der Waals surface area contributed by atoms with Gasteiger partial charge in [0, 0.05) is 35.8 Å². The predicted octanol–water partition coefficient (Wildman–Crippen LogP) is 2.08. The van der Waals surface area contributed by atoms with Crippen LogP contribution in [0.4, 0.5) is 0 Å². The van der Waals surface area contributed by atoms with Gasteiger partial charge in [-0.1, -0.05) is 12.1 Å². The van der Waals surface area contributed by atoms with Crippen LogP contribution in [0.25, 0.3) is 16.9 Å². The molecule has 1 N–H and O–H groups in total. The van der Waals surface area contributed by atoms with Crippen LogP contribution in [0.15, 0.2) is 47.9 Å². The number of carbonyl (C=O) groups is 1. The van der Waals surface area contributed by atoms with E-state index in [9.17, 15) is 13.2 Å². The van der Waals surface area contributed by atoms with Gasteiger partial charge < -0.3 is 5.32 Å². The molecule has 1 amide bonds. The molecule has 2 aromatic heterocycles. The maximum absolute atomic E-state index is 12.2. The van der Waals surface area contributed by atoms with E-state index in [1.165, 1.54) is 12.6 Å². The lowest BCUT2D eigenvalue weighted by atomic mass is 9.93. The molecule has 2 heterocycles. The van der Waals surface area contributed by atoms with Crippen molar-refractivity contribution in [2.45, 2.75) is 30.3 Å². The molecule has 0 aliphatic heterocycles. The lowest BCUT2D eigenvalue weighted by Crippen LogP contribution is -2.39. The lowest BCUT2D eigenvalue weighted by Gasteiger charge is -2.26. The Labute approximate surface area is 151 Å². The van der Waals surface area contributed by atoms with E-state index in [2.05, 4.69) is 15.3 Å². The molecule has 7 nitrogen and oxygen atoms in total. The molecule has 1 aliphatic rings. The number of nitrogens with zero attached hydrogens (tertiary/aromatic N) is 3. The predicted molar refractivity (Wildman–Crippen MR) is 96.6 cm³/mol. The normalized spacial score (nSPS) is 15.0. The van der Waals surface area contributed by atoms with Crippen molar-refractivity contribution < 1.29 is 13.2 Å². The summed E-state index contributed by atoms with van der Waals surface area (Å²) >= 11 is 0. The van der Waals surface area contributed by atoms with Crippen molar-refractivity contribution in [1.29, 1.82) is 0 Å². The minimum Gasteiger partial charge on any atom is -0.349 e. The molecule has 1 saturated carbocycles. The van der Waals surface area contributed by atoms with Gasteiger partial charge in [-0.05, 0) is 31.4 Å². The third kappa shape index (κ3) is 2.96. The number of carbonyl (C=O) groups excluding carboxylic acids is 1. The van der Waals surface area contributed by atoms with Gasteiger partial charge in [-0.3, -0.25) is 9.20 Å². The Bertz CT molecular complexity index is 1080. The van der Waals surface area contributed by atoms with Gasteiger partial charge in [0.25, 0.3) is 5.91 Å². The Hall–Kier alpha value is -2.74. The average Bonchev–Trinajstić information content (AvgIpc) is 3.01. The number of nitrogens with one attached hydrogen (secondary N) is 1. The van der Waals surface area contributed by atoms with Gasteiger partial charge in [0.1, 0.15) is 0 Å². The van der Waals surface area contributed by atoms with E-state index in [1.54, 1.807) is 28.9 Å². The van der Waals surface area contributed by atoms with Crippen LogP contribution in [0.5, 0.6) is 0 Å². The first-order chi connectivity index (χ1) is 12.4. The molecule has 0 saturated heterocycles. The molecule has 0 spiro atoms. The molecular formula is C18H18N4O3S. The fourth-order valence-electron chi connectivity index (χ4n) is 2.98. The standard InChI is InChI=1S/C18H18N4O3S/c1-26(24,25)18-16-20-11-15(22(16)10-9-19-18)12-5-7-13(8-6-12)17(23)21-14-3-2-4-14/h5-11,14H,2-4H2,1H3,(H,21,23). The molecule has 1 aliphatic carbocycles. The summed E-state index contributed by atoms with van der Waals surface area (Å²) in [6, 6.07) is 7.49. The van der Waals surface area contributed by atoms with Gasteiger partial charge in [0.2, 0.25) is 0 Å². The third-order valence-corrected chi connectivity index (χ3v) is 5.62. The summed E-state index contributed by atoms with van der Waals surface area (Å²) in [5.74, 6) is -0.0667. The van der Waals surface area contributed by atoms with E-state index in [4.69, 9.17) is 0 Å². The molecular weight excluding hydrogens is 352 g/mol.